The fourth-order valence-corrected chi connectivity index (χ4v) is 1.81. The van der Waals surface area contributed by atoms with Crippen molar-refractivity contribution in [2.45, 2.75) is 26.2 Å². The number of hydrogen-bond donors (Lipinski definition) is 2. The van der Waals surface area contributed by atoms with Gasteiger partial charge in [-0.25, -0.2) is 4.39 Å². The number of nitrogens with two attached hydrogens (primary N) is 1. The fraction of sp³-hybridized carbons (Fsp3) is 0.417. The lowest BCUT2D eigenvalue weighted by Gasteiger charge is -2.16. The van der Waals surface area contributed by atoms with E-state index in [4.69, 9.17) is 10.8 Å². The van der Waals surface area contributed by atoms with Crippen LogP contribution in [0.5, 0.6) is 0 Å². The summed E-state index contributed by atoms with van der Waals surface area (Å²) in [5.41, 5.74) is 7.66. The second-order valence-electron chi connectivity index (χ2n) is 3.99. The molecule has 88 valence electrons. The van der Waals surface area contributed by atoms with Crippen molar-refractivity contribution in [2.24, 2.45) is 5.73 Å². The van der Waals surface area contributed by atoms with Crippen molar-refractivity contribution in [3.63, 3.8) is 0 Å². The minimum Gasteiger partial charge on any atom is -0.481 e. The highest BCUT2D eigenvalue weighted by atomic mass is 19.1. The first kappa shape index (κ1) is 12.6. The van der Waals surface area contributed by atoms with Crippen molar-refractivity contribution in [1.29, 1.82) is 0 Å². The van der Waals surface area contributed by atoms with E-state index in [9.17, 15) is 9.18 Å². The zero-order valence-corrected chi connectivity index (χ0v) is 9.46. The number of carboxylic acid groups (broad SMARTS) is 1. The predicted molar refractivity (Wildman–Crippen MR) is 59.9 cm³/mol. The number of hydrogen-bond acceptors (Lipinski definition) is 2. The first-order valence-electron chi connectivity index (χ1n) is 5.14. The summed E-state index contributed by atoms with van der Waals surface area (Å²) in [4.78, 5) is 10.7. The van der Waals surface area contributed by atoms with Crippen LogP contribution in [0.1, 0.15) is 29.0 Å². The molecule has 4 heteroatoms. The molecule has 1 unspecified atom stereocenters. The van der Waals surface area contributed by atoms with Crippen molar-refractivity contribution >= 4 is 5.97 Å². The standard InChI is InChI=1S/C12H16FNO2/c1-7-3-8(2)11(13)5-10(7)9(6-14)4-12(15)16/h3,5,9H,4,6,14H2,1-2H3,(H,15,16). The largest absolute Gasteiger partial charge is 0.481 e. The molecular weight excluding hydrogens is 209 g/mol. The van der Waals surface area contributed by atoms with Crippen molar-refractivity contribution in [3.05, 3.63) is 34.6 Å². The first-order valence-corrected chi connectivity index (χ1v) is 5.14. The highest BCUT2D eigenvalue weighted by molar-refractivity contribution is 5.68. The maximum Gasteiger partial charge on any atom is 0.304 e. The average Bonchev–Trinajstić information content (AvgIpc) is 2.20. The van der Waals surface area contributed by atoms with Crippen LogP contribution in [0.4, 0.5) is 4.39 Å². The maximum absolute atomic E-state index is 13.4. The van der Waals surface area contributed by atoms with Gasteiger partial charge < -0.3 is 10.8 Å². The quantitative estimate of drug-likeness (QED) is 0.823. The molecule has 0 radical (unpaired) electrons. The van der Waals surface area contributed by atoms with Crippen molar-refractivity contribution in [3.8, 4) is 0 Å². The van der Waals surface area contributed by atoms with E-state index in [0.29, 0.717) is 11.1 Å². The molecule has 1 atom stereocenters. The number of benzene rings is 1. The van der Waals surface area contributed by atoms with E-state index < -0.39 is 5.97 Å². The Morgan fingerprint density at radius 3 is 2.56 bits per heavy atom. The zero-order valence-electron chi connectivity index (χ0n) is 9.46. The average molecular weight is 225 g/mol. The number of aryl methyl sites for hydroxylation is 2. The van der Waals surface area contributed by atoms with Gasteiger partial charge in [0.15, 0.2) is 0 Å². The monoisotopic (exact) mass is 225 g/mol. The molecule has 1 aromatic carbocycles. The molecule has 3 N–H and O–H groups in total. The van der Waals surface area contributed by atoms with E-state index in [2.05, 4.69) is 0 Å². The van der Waals surface area contributed by atoms with E-state index in [0.717, 1.165) is 5.56 Å². The van der Waals surface area contributed by atoms with Crippen LogP contribution in [-0.2, 0) is 4.79 Å². The Bertz CT molecular complexity index is 404. The molecule has 16 heavy (non-hydrogen) atoms. The molecule has 0 bridgehead atoms. The Hall–Kier alpha value is -1.42. The molecule has 0 spiro atoms. The second kappa shape index (κ2) is 5.07. The molecule has 0 heterocycles. The summed E-state index contributed by atoms with van der Waals surface area (Å²) in [5, 5.41) is 8.74. The van der Waals surface area contributed by atoms with Gasteiger partial charge in [0.2, 0.25) is 0 Å². The van der Waals surface area contributed by atoms with Gasteiger partial charge in [-0.15, -0.1) is 0 Å². The number of rotatable bonds is 4. The van der Waals surface area contributed by atoms with Crippen LogP contribution in [-0.4, -0.2) is 17.6 Å². The van der Waals surface area contributed by atoms with Crippen LogP contribution in [0.2, 0.25) is 0 Å². The van der Waals surface area contributed by atoms with Crippen LogP contribution in [0.25, 0.3) is 0 Å². The van der Waals surface area contributed by atoms with Gasteiger partial charge in [-0.2, -0.15) is 0 Å². The lowest BCUT2D eigenvalue weighted by Crippen LogP contribution is -2.17. The predicted octanol–water partition coefficient (Wildman–Crippen LogP) is 1.96. The molecular formula is C12H16FNO2. The smallest absolute Gasteiger partial charge is 0.304 e. The normalized spacial score (nSPS) is 12.5. The van der Waals surface area contributed by atoms with E-state index >= 15 is 0 Å². The summed E-state index contributed by atoms with van der Waals surface area (Å²) in [6, 6.07) is 3.11. The Labute approximate surface area is 94.1 Å². The van der Waals surface area contributed by atoms with Gasteiger partial charge in [0.05, 0.1) is 6.42 Å². The van der Waals surface area contributed by atoms with Gasteiger partial charge in [-0.3, -0.25) is 4.79 Å². The van der Waals surface area contributed by atoms with E-state index in [1.54, 1.807) is 13.0 Å². The summed E-state index contributed by atoms with van der Waals surface area (Å²) in [6.07, 6.45) is -0.0696. The lowest BCUT2D eigenvalue weighted by atomic mass is 9.91. The highest BCUT2D eigenvalue weighted by Crippen LogP contribution is 2.24. The molecule has 0 saturated carbocycles. The third-order valence-electron chi connectivity index (χ3n) is 2.69. The van der Waals surface area contributed by atoms with Crippen LogP contribution in [0.15, 0.2) is 12.1 Å². The molecule has 0 aromatic heterocycles. The van der Waals surface area contributed by atoms with E-state index in [-0.39, 0.29) is 24.7 Å². The molecule has 0 fully saturated rings. The fourth-order valence-electron chi connectivity index (χ4n) is 1.81. The molecule has 0 aliphatic carbocycles. The van der Waals surface area contributed by atoms with Gasteiger partial charge in [-0.05, 0) is 43.1 Å². The number of carbonyl (C=O) groups is 1. The lowest BCUT2D eigenvalue weighted by molar-refractivity contribution is -0.137. The van der Waals surface area contributed by atoms with E-state index in [1.165, 1.54) is 6.07 Å². The highest BCUT2D eigenvalue weighted by Gasteiger charge is 2.17. The minimum absolute atomic E-state index is 0.0696. The van der Waals surface area contributed by atoms with Crippen LogP contribution in [0.3, 0.4) is 0 Å². The van der Waals surface area contributed by atoms with Gasteiger partial charge in [0.1, 0.15) is 5.82 Å². The third-order valence-corrected chi connectivity index (χ3v) is 2.69. The summed E-state index contributed by atoms with van der Waals surface area (Å²) in [7, 11) is 0. The molecule has 1 rings (SSSR count). The molecule has 0 saturated heterocycles. The molecule has 3 nitrogen and oxygen atoms in total. The van der Waals surface area contributed by atoms with Crippen LogP contribution < -0.4 is 5.73 Å². The van der Waals surface area contributed by atoms with Crippen molar-refractivity contribution in [1.82, 2.24) is 0 Å². The van der Waals surface area contributed by atoms with Crippen LogP contribution >= 0.6 is 0 Å². The second-order valence-corrected chi connectivity index (χ2v) is 3.99. The summed E-state index contributed by atoms with van der Waals surface area (Å²) in [6.45, 7) is 3.72. The molecule has 0 aliphatic rings. The Balaban J connectivity index is 3.09. The minimum atomic E-state index is -0.921. The van der Waals surface area contributed by atoms with Gasteiger partial charge in [-0.1, -0.05) is 6.07 Å². The molecule has 1 aromatic rings. The Morgan fingerprint density at radius 2 is 2.06 bits per heavy atom. The van der Waals surface area contributed by atoms with Gasteiger partial charge >= 0.3 is 5.97 Å². The summed E-state index contributed by atoms with van der Waals surface area (Å²) >= 11 is 0. The van der Waals surface area contributed by atoms with Crippen molar-refractivity contribution < 1.29 is 14.3 Å². The molecule has 0 amide bonds. The van der Waals surface area contributed by atoms with Crippen LogP contribution in [0, 0.1) is 19.7 Å². The number of halogens is 1. The van der Waals surface area contributed by atoms with Crippen molar-refractivity contribution in [2.75, 3.05) is 6.54 Å². The van der Waals surface area contributed by atoms with Gasteiger partial charge in [0.25, 0.3) is 0 Å². The topological polar surface area (TPSA) is 63.3 Å². The zero-order chi connectivity index (χ0) is 12.3. The summed E-state index contributed by atoms with van der Waals surface area (Å²) < 4.78 is 13.4. The van der Waals surface area contributed by atoms with Gasteiger partial charge in [0, 0.05) is 5.92 Å². The maximum atomic E-state index is 13.4. The number of carboxylic acids is 1. The Morgan fingerprint density at radius 1 is 1.44 bits per heavy atom. The SMILES string of the molecule is Cc1cc(C)c(C(CN)CC(=O)O)cc1F. The number of aliphatic carboxylic acids is 1. The third kappa shape index (κ3) is 2.79. The molecule has 0 aliphatic heterocycles. The summed E-state index contributed by atoms with van der Waals surface area (Å²) in [5.74, 6) is -1.56. The van der Waals surface area contributed by atoms with E-state index in [1.807, 2.05) is 6.92 Å². The Kier molecular flexibility index (Phi) is 4.01. The first-order chi connectivity index (χ1) is 7.45.